The third-order valence-electron chi connectivity index (χ3n) is 2.42. The Hall–Kier alpha value is -1.18. The monoisotopic (exact) mass is 293 g/mol. The van der Waals surface area contributed by atoms with Gasteiger partial charge in [-0.15, -0.1) is 11.6 Å². The molecular formula is C10H12ClNO5S. The highest BCUT2D eigenvalue weighted by atomic mass is 35.5. The summed E-state index contributed by atoms with van der Waals surface area (Å²) >= 11 is 5.68. The molecule has 0 aliphatic carbocycles. The second-order valence-corrected chi connectivity index (χ2v) is 6.74. The third kappa shape index (κ3) is 3.18. The van der Waals surface area contributed by atoms with Crippen molar-refractivity contribution < 1.29 is 18.4 Å². The van der Waals surface area contributed by atoms with Gasteiger partial charge >= 0.3 is 0 Å². The fourth-order valence-electron chi connectivity index (χ4n) is 1.33. The number of nitro benzene ring substituents is 1. The number of non-ortho nitro benzene ring substituents is 1. The number of nitrogens with zero attached hydrogens (tertiary/aromatic N) is 1. The molecule has 1 aromatic carbocycles. The topological polar surface area (TPSA) is 97.5 Å². The molecule has 0 fully saturated rings. The van der Waals surface area contributed by atoms with Gasteiger partial charge in [0.2, 0.25) is 0 Å². The van der Waals surface area contributed by atoms with Crippen LogP contribution in [0.5, 0.6) is 0 Å². The lowest BCUT2D eigenvalue weighted by molar-refractivity contribution is -0.385. The number of alkyl halides is 1. The SMILES string of the molecule is CCS(=O)(=O)[C@@H](Cl)[C@@H](O)c1cccc([N+](=O)[O-])c1. The van der Waals surface area contributed by atoms with Gasteiger partial charge in [-0.3, -0.25) is 10.1 Å². The average Bonchev–Trinajstić information content (AvgIpc) is 2.37. The molecule has 1 N–H and O–H groups in total. The Kier molecular flexibility index (Phi) is 4.66. The molecule has 0 aliphatic heterocycles. The Balaban J connectivity index is 3.08. The minimum absolute atomic E-state index is 0.0984. The maximum absolute atomic E-state index is 11.5. The van der Waals surface area contributed by atoms with E-state index >= 15 is 0 Å². The molecule has 6 nitrogen and oxygen atoms in total. The van der Waals surface area contributed by atoms with Crippen LogP contribution in [0.25, 0.3) is 0 Å². The van der Waals surface area contributed by atoms with Crippen molar-refractivity contribution in [3.8, 4) is 0 Å². The van der Waals surface area contributed by atoms with E-state index in [2.05, 4.69) is 0 Å². The second-order valence-electron chi connectivity index (χ2n) is 3.60. The largest absolute Gasteiger partial charge is 0.386 e. The van der Waals surface area contributed by atoms with Gasteiger partial charge in [-0.1, -0.05) is 19.1 Å². The minimum atomic E-state index is -3.63. The van der Waals surface area contributed by atoms with Gasteiger partial charge in [0, 0.05) is 17.9 Å². The first-order valence-corrected chi connectivity index (χ1v) is 7.23. The number of hydrogen-bond donors (Lipinski definition) is 1. The highest BCUT2D eigenvalue weighted by Gasteiger charge is 2.30. The van der Waals surface area contributed by atoms with Crippen molar-refractivity contribution in [2.45, 2.75) is 17.7 Å². The van der Waals surface area contributed by atoms with Crippen LogP contribution < -0.4 is 0 Å². The molecule has 0 amide bonds. The number of rotatable bonds is 5. The molecule has 0 aliphatic rings. The Labute approximate surface area is 109 Å². The van der Waals surface area contributed by atoms with Crippen molar-refractivity contribution in [1.29, 1.82) is 0 Å². The van der Waals surface area contributed by atoms with Crippen LogP contribution in [-0.4, -0.2) is 28.9 Å². The molecule has 8 heteroatoms. The Bertz CT molecular complexity index is 545. The van der Waals surface area contributed by atoms with Gasteiger partial charge < -0.3 is 5.11 Å². The molecule has 0 unspecified atom stereocenters. The summed E-state index contributed by atoms with van der Waals surface area (Å²) in [6.07, 6.45) is -1.50. The molecule has 0 saturated carbocycles. The summed E-state index contributed by atoms with van der Waals surface area (Å²) in [6, 6.07) is 5.09. The van der Waals surface area contributed by atoms with Crippen LogP contribution in [0.2, 0.25) is 0 Å². The maximum atomic E-state index is 11.5. The molecule has 0 heterocycles. The quantitative estimate of drug-likeness (QED) is 0.505. The standard InChI is InChI=1S/C10H12ClNO5S/c1-2-18(16,17)10(11)9(13)7-4-3-5-8(6-7)12(14)15/h3-6,9-10,13H,2H2,1H3/t9-,10+/m0/s1. The van der Waals surface area contributed by atoms with Gasteiger partial charge in [0.25, 0.3) is 5.69 Å². The Morgan fingerprint density at radius 3 is 2.61 bits per heavy atom. The molecule has 100 valence electrons. The number of nitro groups is 1. The fraction of sp³-hybridized carbons (Fsp3) is 0.400. The van der Waals surface area contributed by atoms with Gasteiger partial charge in [-0.05, 0) is 5.56 Å². The molecule has 1 rings (SSSR count). The van der Waals surface area contributed by atoms with Crippen LogP contribution in [-0.2, 0) is 9.84 Å². The normalized spacial score (nSPS) is 15.1. The predicted octanol–water partition coefficient (Wildman–Crippen LogP) is 1.63. The van der Waals surface area contributed by atoms with Crippen LogP contribution in [0.3, 0.4) is 0 Å². The molecule has 1 aromatic rings. The van der Waals surface area contributed by atoms with E-state index in [9.17, 15) is 23.6 Å². The van der Waals surface area contributed by atoms with Crippen molar-refractivity contribution in [3.63, 3.8) is 0 Å². The number of aliphatic hydroxyl groups excluding tert-OH is 1. The van der Waals surface area contributed by atoms with Crippen molar-refractivity contribution in [2.75, 3.05) is 5.75 Å². The van der Waals surface area contributed by atoms with Crippen LogP contribution in [0.1, 0.15) is 18.6 Å². The first-order chi connectivity index (χ1) is 8.29. The number of hydrogen-bond acceptors (Lipinski definition) is 5. The molecule has 0 radical (unpaired) electrons. The molecule has 18 heavy (non-hydrogen) atoms. The number of benzene rings is 1. The summed E-state index contributed by atoms with van der Waals surface area (Å²) < 4.78 is 21.5. The molecule has 0 spiro atoms. The summed E-state index contributed by atoms with van der Waals surface area (Å²) in [7, 11) is -3.63. The zero-order valence-corrected chi connectivity index (χ0v) is 11.1. The van der Waals surface area contributed by atoms with E-state index in [0.29, 0.717) is 0 Å². The minimum Gasteiger partial charge on any atom is -0.386 e. The lowest BCUT2D eigenvalue weighted by Crippen LogP contribution is -2.24. The predicted molar refractivity (Wildman–Crippen MR) is 67.2 cm³/mol. The number of sulfone groups is 1. The van der Waals surface area contributed by atoms with E-state index in [1.54, 1.807) is 0 Å². The van der Waals surface area contributed by atoms with Crippen LogP contribution in [0.15, 0.2) is 24.3 Å². The summed E-state index contributed by atoms with van der Waals surface area (Å²) in [5, 5.41) is 20.4. The molecule has 0 saturated heterocycles. The first kappa shape index (κ1) is 14.9. The second kappa shape index (κ2) is 5.64. The van der Waals surface area contributed by atoms with Gasteiger partial charge in [0.1, 0.15) is 6.10 Å². The average molecular weight is 294 g/mol. The number of aliphatic hydroxyl groups is 1. The van der Waals surface area contributed by atoms with E-state index in [-0.39, 0.29) is 17.0 Å². The van der Waals surface area contributed by atoms with Crippen molar-refractivity contribution in [3.05, 3.63) is 39.9 Å². The third-order valence-corrected chi connectivity index (χ3v) is 5.22. The van der Waals surface area contributed by atoms with Crippen LogP contribution in [0.4, 0.5) is 5.69 Å². The van der Waals surface area contributed by atoms with Crippen LogP contribution in [0, 0.1) is 10.1 Å². The van der Waals surface area contributed by atoms with E-state index < -0.39 is 25.6 Å². The fourth-order valence-corrected chi connectivity index (χ4v) is 2.72. The zero-order valence-electron chi connectivity index (χ0n) is 9.48. The summed E-state index contributed by atoms with van der Waals surface area (Å²) in [5.41, 5.74) is -0.134. The van der Waals surface area contributed by atoms with Crippen LogP contribution >= 0.6 is 11.6 Å². The van der Waals surface area contributed by atoms with Crippen molar-refractivity contribution >= 4 is 27.1 Å². The summed E-state index contributed by atoms with van der Waals surface area (Å²) in [4.78, 5) is 9.94. The molecule has 2 atom stereocenters. The summed E-state index contributed by atoms with van der Waals surface area (Å²) in [5.74, 6) is -0.215. The lowest BCUT2D eigenvalue weighted by Gasteiger charge is -2.16. The highest BCUT2D eigenvalue weighted by Crippen LogP contribution is 2.27. The Morgan fingerprint density at radius 1 is 1.50 bits per heavy atom. The van der Waals surface area contributed by atoms with Crippen molar-refractivity contribution in [2.24, 2.45) is 0 Å². The molecule has 0 bridgehead atoms. The molecular weight excluding hydrogens is 282 g/mol. The smallest absolute Gasteiger partial charge is 0.269 e. The first-order valence-electron chi connectivity index (χ1n) is 5.07. The van der Waals surface area contributed by atoms with Gasteiger partial charge in [0.05, 0.1) is 4.92 Å². The van der Waals surface area contributed by atoms with E-state index in [1.165, 1.54) is 25.1 Å². The van der Waals surface area contributed by atoms with Gasteiger partial charge in [-0.2, -0.15) is 0 Å². The highest BCUT2D eigenvalue weighted by molar-refractivity contribution is 7.93. The summed E-state index contributed by atoms with van der Waals surface area (Å²) in [6.45, 7) is 1.41. The van der Waals surface area contributed by atoms with Gasteiger partial charge in [0.15, 0.2) is 14.5 Å². The van der Waals surface area contributed by atoms with E-state index in [4.69, 9.17) is 11.6 Å². The van der Waals surface area contributed by atoms with Crippen molar-refractivity contribution in [1.82, 2.24) is 0 Å². The van der Waals surface area contributed by atoms with E-state index in [0.717, 1.165) is 6.07 Å². The maximum Gasteiger partial charge on any atom is 0.269 e. The van der Waals surface area contributed by atoms with E-state index in [1.807, 2.05) is 0 Å². The lowest BCUT2D eigenvalue weighted by atomic mass is 10.1. The number of halogens is 1. The zero-order chi connectivity index (χ0) is 13.9. The molecule has 0 aromatic heterocycles. The Morgan fingerprint density at radius 2 is 2.11 bits per heavy atom. The van der Waals surface area contributed by atoms with Gasteiger partial charge in [-0.25, -0.2) is 8.42 Å².